The van der Waals surface area contributed by atoms with Gasteiger partial charge in [-0.15, -0.1) is 0 Å². The summed E-state index contributed by atoms with van der Waals surface area (Å²) in [5.41, 5.74) is 2.71. The van der Waals surface area contributed by atoms with Crippen LogP contribution < -0.4 is 5.32 Å². The van der Waals surface area contributed by atoms with Gasteiger partial charge in [-0.25, -0.2) is 0 Å². The molecule has 3 rings (SSSR count). The van der Waals surface area contributed by atoms with Gasteiger partial charge < -0.3 is 5.32 Å². The van der Waals surface area contributed by atoms with Gasteiger partial charge in [-0.2, -0.15) is 5.10 Å². The minimum Gasteiger partial charge on any atom is -0.313 e. The monoisotopic (exact) mass is 281 g/mol. The SMILES string of the molecule is CCc1nn(C)c(CC2(CNC3CC3)CCC2)c1Cl. The van der Waals surface area contributed by atoms with Gasteiger partial charge in [0.05, 0.1) is 16.4 Å². The summed E-state index contributed by atoms with van der Waals surface area (Å²) < 4.78 is 2.00. The van der Waals surface area contributed by atoms with Gasteiger partial charge in [-0.05, 0) is 43.9 Å². The lowest BCUT2D eigenvalue weighted by Gasteiger charge is -2.42. The number of aryl methyl sites for hydroxylation is 2. The minimum atomic E-state index is 0.436. The van der Waals surface area contributed by atoms with Gasteiger partial charge in [0, 0.05) is 19.6 Å². The molecule has 0 unspecified atom stereocenters. The van der Waals surface area contributed by atoms with Crippen molar-refractivity contribution < 1.29 is 0 Å². The number of hydrogen-bond donors (Lipinski definition) is 1. The Morgan fingerprint density at radius 3 is 2.63 bits per heavy atom. The Kier molecular flexibility index (Phi) is 3.61. The zero-order valence-electron chi connectivity index (χ0n) is 12.0. The van der Waals surface area contributed by atoms with Crippen LogP contribution in [-0.2, 0) is 19.9 Å². The molecule has 3 nitrogen and oxygen atoms in total. The van der Waals surface area contributed by atoms with Crippen LogP contribution in [0.1, 0.15) is 50.4 Å². The van der Waals surface area contributed by atoms with Crippen molar-refractivity contribution in [1.82, 2.24) is 15.1 Å². The van der Waals surface area contributed by atoms with Crippen LogP contribution in [0.15, 0.2) is 0 Å². The summed E-state index contributed by atoms with van der Waals surface area (Å²) >= 11 is 6.49. The van der Waals surface area contributed by atoms with Crippen molar-refractivity contribution in [2.24, 2.45) is 12.5 Å². The molecule has 19 heavy (non-hydrogen) atoms. The molecule has 1 N–H and O–H groups in total. The van der Waals surface area contributed by atoms with E-state index in [0.717, 1.165) is 36.1 Å². The Balaban J connectivity index is 1.72. The molecule has 2 saturated carbocycles. The van der Waals surface area contributed by atoms with Gasteiger partial charge in [0.25, 0.3) is 0 Å². The van der Waals surface area contributed by atoms with E-state index < -0.39 is 0 Å². The maximum absolute atomic E-state index is 6.49. The van der Waals surface area contributed by atoms with E-state index in [0.29, 0.717) is 5.41 Å². The summed E-state index contributed by atoms with van der Waals surface area (Å²) in [4.78, 5) is 0. The lowest BCUT2D eigenvalue weighted by atomic mass is 9.66. The van der Waals surface area contributed by atoms with Crippen LogP contribution in [0.2, 0.25) is 5.02 Å². The lowest BCUT2D eigenvalue weighted by molar-refractivity contribution is 0.126. The highest BCUT2D eigenvalue weighted by molar-refractivity contribution is 6.31. The second kappa shape index (κ2) is 5.10. The first-order valence-electron chi connectivity index (χ1n) is 7.57. The molecular formula is C15H24ClN3. The van der Waals surface area contributed by atoms with Crippen molar-refractivity contribution in [3.8, 4) is 0 Å². The fourth-order valence-corrected chi connectivity index (χ4v) is 3.47. The number of hydrogen-bond acceptors (Lipinski definition) is 2. The number of rotatable bonds is 6. The van der Waals surface area contributed by atoms with E-state index in [1.807, 2.05) is 11.7 Å². The number of nitrogens with zero attached hydrogens (tertiary/aromatic N) is 2. The first-order chi connectivity index (χ1) is 9.13. The van der Waals surface area contributed by atoms with Crippen molar-refractivity contribution in [2.45, 2.75) is 57.9 Å². The molecule has 1 aromatic rings. The van der Waals surface area contributed by atoms with Gasteiger partial charge in [0.1, 0.15) is 0 Å². The fourth-order valence-electron chi connectivity index (χ4n) is 3.11. The summed E-state index contributed by atoms with van der Waals surface area (Å²) in [5, 5.41) is 9.15. The highest BCUT2D eigenvalue weighted by Gasteiger charge is 2.39. The normalized spacial score (nSPS) is 21.4. The van der Waals surface area contributed by atoms with Crippen molar-refractivity contribution in [1.29, 1.82) is 0 Å². The van der Waals surface area contributed by atoms with Crippen LogP contribution in [0, 0.1) is 5.41 Å². The highest BCUT2D eigenvalue weighted by atomic mass is 35.5. The predicted molar refractivity (Wildman–Crippen MR) is 78.6 cm³/mol. The molecule has 0 atom stereocenters. The van der Waals surface area contributed by atoms with Crippen molar-refractivity contribution in [3.05, 3.63) is 16.4 Å². The molecule has 0 saturated heterocycles. The first kappa shape index (κ1) is 13.4. The van der Waals surface area contributed by atoms with Crippen LogP contribution in [0.3, 0.4) is 0 Å². The molecule has 2 aliphatic carbocycles. The van der Waals surface area contributed by atoms with Gasteiger partial charge >= 0.3 is 0 Å². The Bertz CT molecular complexity index is 458. The van der Waals surface area contributed by atoms with Gasteiger partial charge in [-0.1, -0.05) is 24.9 Å². The van der Waals surface area contributed by atoms with Crippen LogP contribution in [0.25, 0.3) is 0 Å². The number of halogens is 1. The van der Waals surface area contributed by atoms with E-state index in [4.69, 9.17) is 11.6 Å². The molecule has 4 heteroatoms. The van der Waals surface area contributed by atoms with Gasteiger partial charge in [-0.3, -0.25) is 4.68 Å². The molecule has 0 bridgehead atoms. The predicted octanol–water partition coefficient (Wildman–Crippen LogP) is 3.10. The second-order valence-electron chi connectivity index (χ2n) is 6.37. The van der Waals surface area contributed by atoms with Gasteiger partial charge in [0.2, 0.25) is 0 Å². The Hall–Kier alpha value is -0.540. The molecule has 0 aromatic carbocycles. The molecule has 1 heterocycles. The summed E-state index contributed by atoms with van der Waals surface area (Å²) in [6, 6.07) is 0.797. The van der Waals surface area contributed by atoms with Crippen LogP contribution in [0.5, 0.6) is 0 Å². The maximum Gasteiger partial charge on any atom is 0.0849 e. The quantitative estimate of drug-likeness (QED) is 0.868. The molecular weight excluding hydrogens is 258 g/mol. The van der Waals surface area contributed by atoms with Crippen molar-refractivity contribution in [3.63, 3.8) is 0 Å². The molecule has 0 radical (unpaired) electrons. The van der Waals surface area contributed by atoms with E-state index in [1.54, 1.807) is 0 Å². The maximum atomic E-state index is 6.49. The smallest absolute Gasteiger partial charge is 0.0849 e. The third kappa shape index (κ3) is 2.68. The largest absolute Gasteiger partial charge is 0.313 e. The van der Waals surface area contributed by atoms with Crippen LogP contribution in [-0.4, -0.2) is 22.4 Å². The Labute approximate surface area is 120 Å². The fraction of sp³-hybridized carbons (Fsp3) is 0.800. The molecule has 2 aliphatic rings. The first-order valence-corrected chi connectivity index (χ1v) is 7.95. The zero-order valence-corrected chi connectivity index (χ0v) is 12.8. The van der Waals surface area contributed by atoms with Crippen molar-refractivity contribution >= 4 is 11.6 Å². The summed E-state index contributed by atoms with van der Waals surface area (Å²) in [7, 11) is 2.03. The summed E-state index contributed by atoms with van der Waals surface area (Å²) in [5.74, 6) is 0. The van der Waals surface area contributed by atoms with E-state index in [-0.39, 0.29) is 0 Å². The molecule has 0 aliphatic heterocycles. The molecule has 1 aromatic heterocycles. The van der Waals surface area contributed by atoms with Crippen molar-refractivity contribution in [2.75, 3.05) is 6.54 Å². The van der Waals surface area contributed by atoms with Gasteiger partial charge in [0.15, 0.2) is 0 Å². The number of aromatic nitrogens is 2. The second-order valence-corrected chi connectivity index (χ2v) is 6.75. The third-order valence-electron chi connectivity index (χ3n) is 4.80. The lowest BCUT2D eigenvalue weighted by Crippen LogP contribution is -2.42. The van der Waals surface area contributed by atoms with E-state index >= 15 is 0 Å². The van der Waals surface area contributed by atoms with E-state index in [1.165, 1.54) is 37.8 Å². The molecule has 2 fully saturated rings. The zero-order chi connectivity index (χ0) is 13.5. The Morgan fingerprint density at radius 2 is 2.16 bits per heavy atom. The average Bonchev–Trinajstić information content (AvgIpc) is 3.13. The number of nitrogens with one attached hydrogen (secondary N) is 1. The Morgan fingerprint density at radius 1 is 1.42 bits per heavy atom. The summed E-state index contributed by atoms with van der Waals surface area (Å²) in [6.07, 6.45) is 8.74. The minimum absolute atomic E-state index is 0.436. The van der Waals surface area contributed by atoms with E-state index in [2.05, 4.69) is 17.3 Å². The van der Waals surface area contributed by atoms with E-state index in [9.17, 15) is 0 Å². The van der Waals surface area contributed by atoms with Crippen LogP contribution in [0.4, 0.5) is 0 Å². The molecule has 106 valence electrons. The molecule has 0 spiro atoms. The molecule has 0 amide bonds. The topological polar surface area (TPSA) is 29.9 Å². The average molecular weight is 282 g/mol. The van der Waals surface area contributed by atoms with Crippen LogP contribution >= 0.6 is 11.6 Å². The highest BCUT2D eigenvalue weighted by Crippen LogP contribution is 2.45. The third-order valence-corrected chi connectivity index (χ3v) is 5.24. The summed E-state index contributed by atoms with van der Waals surface area (Å²) in [6.45, 7) is 3.27. The standard InChI is InChI=1S/C15H24ClN3/c1-3-12-14(16)13(19(2)18-12)9-15(7-4-8-15)10-17-11-5-6-11/h11,17H,3-10H2,1-2H3.